The van der Waals surface area contributed by atoms with E-state index in [1.807, 2.05) is 18.3 Å². The molecular formula is C17H22N2. The van der Waals surface area contributed by atoms with E-state index in [0.717, 1.165) is 25.2 Å². The first-order valence-corrected chi connectivity index (χ1v) is 6.85. The second kappa shape index (κ2) is 6.48. The molecule has 1 heterocycles. The van der Waals surface area contributed by atoms with Crippen molar-refractivity contribution in [2.75, 3.05) is 13.1 Å². The predicted molar refractivity (Wildman–Crippen MR) is 80.3 cm³/mol. The molecule has 0 saturated carbocycles. The highest BCUT2D eigenvalue weighted by Crippen LogP contribution is 2.21. The fraction of sp³-hybridized carbons (Fsp3) is 0.353. The smallest absolute Gasteiger partial charge is 0.0416 e. The van der Waals surface area contributed by atoms with Crippen molar-refractivity contribution in [3.8, 4) is 0 Å². The standard InChI is InChI=1S/C17H22N2/c1-17(2,15-8-4-3-5-9-15)14-18-13-11-16-10-6-7-12-19-16/h3-10,12,18H,11,13-14H2,1-2H3. The summed E-state index contributed by atoms with van der Waals surface area (Å²) in [5, 5.41) is 3.53. The van der Waals surface area contributed by atoms with Gasteiger partial charge in [-0.05, 0) is 17.7 Å². The van der Waals surface area contributed by atoms with E-state index in [1.54, 1.807) is 0 Å². The predicted octanol–water partition coefficient (Wildman–Crippen LogP) is 3.19. The van der Waals surface area contributed by atoms with Gasteiger partial charge in [0.2, 0.25) is 0 Å². The monoisotopic (exact) mass is 254 g/mol. The number of rotatable bonds is 6. The van der Waals surface area contributed by atoms with Crippen LogP contribution < -0.4 is 5.32 Å². The van der Waals surface area contributed by atoms with Crippen LogP contribution in [0.15, 0.2) is 54.7 Å². The number of aromatic nitrogens is 1. The average molecular weight is 254 g/mol. The summed E-state index contributed by atoms with van der Waals surface area (Å²) in [5.74, 6) is 0. The zero-order chi connectivity index (χ0) is 13.6. The molecule has 0 spiro atoms. The average Bonchev–Trinajstić information content (AvgIpc) is 2.46. The summed E-state index contributed by atoms with van der Waals surface area (Å²) in [7, 11) is 0. The van der Waals surface area contributed by atoms with Gasteiger partial charge in [0, 0.05) is 36.8 Å². The molecule has 0 aliphatic heterocycles. The zero-order valence-corrected chi connectivity index (χ0v) is 11.8. The van der Waals surface area contributed by atoms with Gasteiger partial charge in [0.1, 0.15) is 0 Å². The largest absolute Gasteiger partial charge is 0.315 e. The third-order valence-electron chi connectivity index (χ3n) is 3.41. The molecule has 0 saturated heterocycles. The fourth-order valence-corrected chi connectivity index (χ4v) is 2.15. The third kappa shape index (κ3) is 4.18. The summed E-state index contributed by atoms with van der Waals surface area (Å²) in [6.07, 6.45) is 2.83. The van der Waals surface area contributed by atoms with Crippen molar-refractivity contribution in [3.63, 3.8) is 0 Å². The summed E-state index contributed by atoms with van der Waals surface area (Å²) in [6.45, 7) is 6.49. The molecule has 19 heavy (non-hydrogen) atoms. The number of hydrogen-bond acceptors (Lipinski definition) is 2. The molecule has 1 aromatic heterocycles. The van der Waals surface area contributed by atoms with Crippen LogP contribution in [0.3, 0.4) is 0 Å². The Bertz CT molecular complexity index is 477. The molecule has 0 unspecified atom stereocenters. The van der Waals surface area contributed by atoms with Crippen molar-refractivity contribution in [1.29, 1.82) is 0 Å². The minimum absolute atomic E-state index is 0.158. The molecule has 2 aromatic rings. The van der Waals surface area contributed by atoms with E-state index < -0.39 is 0 Å². The summed E-state index contributed by atoms with van der Waals surface area (Å²) in [6, 6.07) is 16.7. The van der Waals surface area contributed by atoms with Crippen LogP contribution in [0.4, 0.5) is 0 Å². The van der Waals surface area contributed by atoms with E-state index in [0.29, 0.717) is 0 Å². The summed E-state index contributed by atoms with van der Waals surface area (Å²) >= 11 is 0. The molecule has 1 N–H and O–H groups in total. The number of hydrogen-bond donors (Lipinski definition) is 1. The quantitative estimate of drug-likeness (QED) is 0.801. The van der Waals surface area contributed by atoms with Crippen molar-refractivity contribution < 1.29 is 0 Å². The van der Waals surface area contributed by atoms with Gasteiger partial charge in [-0.1, -0.05) is 50.2 Å². The van der Waals surface area contributed by atoms with Gasteiger partial charge in [0.05, 0.1) is 0 Å². The Labute approximate surface area is 115 Å². The van der Waals surface area contributed by atoms with Crippen molar-refractivity contribution in [2.24, 2.45) is 0 Å². The lowest BCUT2D eigenvalue weighted by atomic mass is 9.84. The SMILES string of the molecule is CC(C)(CNCCc1ccccn1)c1ccccc1. The molecule has 0 aliphatic carbocycles. The van der Waals surface area contributed by atoms with Gasteiger partial charge in [0.15, 0.2) is 0 Å². The van der Waals surface area contributed by atoms with Crippen molar-refractivity contribution in [1.82, 2.24) is 10.3 Å². The molecule has 0 fully saturated rings. The fourth-order valence-electron chi connectivity index (χ4n) is 2.15. The first-order valence-electron chi connectivity index (χ1n) is 6.85. The Morgan fingerprint density at radius 2 is 1.74 bits per heavy atom. The maximum absolute atomic E-state index is 4.33. The van der Waals surface area contributed by atoms with Crippen molar-refractivity contribution in [2.45, 2.75) is 25.7 Å². The highest BCUT2D eigenvalue weighted by Gasteiger charge is 2.19. The van der Waals surface area contributed by atoms with Crippen LogP contribution >= 0.6 is 0 Å². The van der Waals surface area contributed by atoms with Gasteiger partial charge in [-0.25, -0.2) is 0 Å². The second-order valence-corrected chi connectivity index (χ2v) is 5.50. The van der Waals surface area contributed by atoms with Crippen LogP contribution in [0.1, 0.15) is 25.1 Å². The minimum atomic E-state index is 0.158. The van der Waals surface area contributed by atoms with Gasteiger partial charge >= 0.3 is 0 Å². The summed E-state index contributed by atoms with van der Waals surface area (Å²) < 4.78 is 0. The molecule has 0 aliphatic rings. The molecule has 2 rings (SSSR count). The number of benzene rings is 1. The molecule has 1 aromatic carbocycles. The Kier molecular flexibility index (Phi) is 4.69. The first kappa shape index (κ1) is 13.8. The van der Waals surface area contributed by atoms with Gasteiger partial charge in [-0.15, -0.1) is 0 Å². The minimum Gasteiger partial charge on any atom is -0.315 e. The van der Waals surface area contributed by atoms with E-state index >= 15 is 0 Å². The molecule has 0 amide bonds. The van der Waals surface area contributed by atoms with Crippen molar-refractivity contribution >= 4 is 0 Å². The van der Waals surface area contributed by atoms with Gasteiger partial charge in [-0.2, -0.15) is 0 Å². The Morgan fingerprint density at radius 1 is 1.00 bits per heavy atom. The molecule has 100 valence electrons. The number of pyridine rings is 1. The third-order valence-corrected chi connectivity index (χ3v) is 3.41. The molecule has 0 radical (unpaired) electrons. The summed E-state index contributed by atoms with van der Waals surface area (Å²) in [5.41, 5.74) is 2.68. The Hall–Kier alpha value is -1.67. The lowest BCUT2D eigenvalue weighted by Crippen LogP contribution is -2.34. The van der Waals surface area contributed by atoms with Crippen LogP contribution in [-0.2, 0) is 11.8 Å². The maximum atomic E-state index is 4.33. The van der Waals surface area contributed by atoms with Crippen LogP contribution in [0.5, 0.6) is 0 Å². The molecule has 2 nitrogen and oxygen atoms in total. The van der Waals surface area contributed by atoms with Gasteiger partial charge < -0.3 is 5.32 Å². The van der Waals surface area contributed by atoms with E-state index in [1.165, 1.54) is 5.56 Å². The highest BCUT2D eigenvalue weighted by molar-refractivity contribution is 5.23. The van der Waals surface area contributed by atoms with E-state index in [2.05, 4.69) is 60.5 Å². The molecular weight excluding hydrogens is 232 g/mol. The lowest BCUT2D eigenvalue weighted by molar-refractivity contribution is 0.470. The van der Waals surface area contributed by atoms with Gasteiger partial charge in [0.25, 0.3) is 0 Å². The second-order valence-electron chi connectivity index (χ2n) is 5.50. The van der Waals surface area contributed by atoms with Crippen LogP contribution in [0.25, 0.3) is 0 Å². The maximum Gasteiger partial charge on any atom is 0.0416 e. The first-order chi connectivity index (χ1) is 9.18. The topological polar surface area (TPSA) is 24.9 Å². The molecule has 0 bridgehead atoms. The van der Waals surface area contributed by atoms with Crippen LogP contribution in [0.2, 0.25) is 0 Å². The van der Waals surface area contributed by atoms with E-state index in [-0.39, 0.29) is 5.41 Å². The van der Waals surface area contributed by atoms with Gasteiger partial charge in [-0.3, -0.25) is 4.98 Å². The van der Waals surface area contributed by atoms with Crippen LogP contribution in [0, 0.1) is 0 Å². The number of nitrogens with one attached hydrogen (secondary N) is 1. The normalized spacial score (nSPS) is 11.5. The highest BCUT2D eigenvalue weighted by atomic mass is 14.9. The van der Waals surface area contributed by atoms with E-state index in [9.17, 15) is 0 Å². The lowest BCUT2D eigenvalue weighted by Gasteiger charge is -2.25. The summed E-state index contributed by atoms with van der Waals surface area (Å²) in [4.78, 5) is 4.33. The Balaban J connectivity index is 1.79. The van der Waals surface area contributed by atoms with E-state index in [4.69, 9.17) is 0 Å². The van der Waals surface area contributed by atoms with Crippen molar-refractivity contribution in [3.05, 3.63) is 66.0 Å². The zero-order valence-electron chi connectivity index (χ0n) is 11.8. The van der Waals surface area contributed by atoms with Crippen LogP contribution in [-0.4, -0.2) is 18.1 Å². The number of nitrogens with zero attached hydrogens (tertiary/aromatic N) is 1. The Morgan fingerprint density at radius 3 is 2.42 bits per heavy atom. The molecule has 2 heteroatoms. The molecule has 0 atom stereocenters.